The first-order chi connectivity index (χ1) is 15.4. The number of benzene rings is 3. The number of nitrogens with one attached hydrogen (secondary N) is 2. The van der Waals surface area contributed by atoms with Crippen molar-refractivity contribution in [1.82, 2.24) is 0 Å². The van der Waals surface area contributed by atoms with Crippen molar-refractivity contribution < 1.29 is 17.9 Å². The van der Waals surface area contributed by atoms with Crippen LogP contribution >= 0.6 is 0 Å². The van der Waals surface area contributed by atoms with Crippen LogP contribution in [0.2, 0.25) is 0 Å². The summed E-state index contributed by atoms with van der Waals surface area (Å²) >= 11 is 0. The first-order valence-electron chi connectivity index (χ1n) is 10.7. The molecule has 0 fully saturated rings. The molecule has 3 aromatic rings. The largest absolute Gasteiger partial charge is 0.481 e. The highest BCUT2D eigenvalue weighted by molar-refractivity contribution is 7.92. The maximum Gasteiger partial charge on any atom is 0.265 e. The Morgan fingerprint density at radius 2 is 1.55 bits per heavy atom. The quantitative estimate of drug-likeness (QED) is 0.482. The lowest BCUT2D eigenvalue weighted by molar-refractivity contribution is -0.122. The zero-order valence-electron chi connectivity index (χ0n) is 19.5. The number of carbonyl (C=O) groups is 1. The lowest BCUT2D eigenvalue weighted by Crippen LogP contribution is -2.30. The van der Waals surface area contributed by atoms with Gasteiger partial charge in [-0.2, -0.15) is 0 Å². The van der Waals surface area contributed by atoms with Crippen LogP contribution in [0, 0.1) is 6.92 Å². The number of anilines is 2. The molecule has 0 heterocycles. The van der Waals surface area contributed by atoms with Crippen LogP contribution in [0.25, 0.3) is 0 Å². The summed E-state index contributed by atoms with van der Waals surface area (Å²) in [6, 6.07) is 20.8. The standard InChI is InChI=1S/C26H30N2O4S/c1-18-7-6-8-22(17-18)28-33(30,31)24-15-11-21(12-16-24)27-25(29)19(2)32-23-13-9-20(10-14-23)26(3,4)5/h6-17,19,28H,1-5H3,(H,27,29)/t19-/m0/s1. The van der Waals surface area contributed by atoms with E-state index in [0.29, 0.717) is 17.1 Å². The maximum atomic E-state index is 12.6. The topological polar surface area (TPSA) is 84.5 Å². The van der Waals surface area contributed by atoms with Gasteiger partial charge in [0.1, 0.15) is 5.75 Å². The van der Waals surface area contributed by atoms with E-state index in [-0.39, 0.29) is 16.2 Å². The molecule has 7 heteroatoms. The van der Waals surface area contributed by atoms with Gasteiger partial charge in [-0.25, -0.2) is 8.42 Å². The predicted octanol–water partition coefficient (Wildman–Crippen LogP) is 5.50. The van der Waals surface area contributed by atoms with Crippen molar-refractivity contribution in [2.75, 3.05) is 10.0 Å². The fourth-order valence-corrected chi connectivity index (χ4v) is 4.22. The highest BCUT2D eigenvalue weighted by Gasteiger charge is 2.18. The summed E-state index contributed by atoms with van der Waals surface area (Å²) < 4.78 is 33.6. The van der Waals surface area contributed by atoms with Gasteiger partial charge in [-0.15, -0.1) is 0 Å². The molecule has 0 aromatic heterocycles. The molecular weight excluding hydrogens is 436 g/mol. The van der Waals surface area contributed by atoms with Gasteiger partial charge in [-0.3, -0.25) is 9.52 Å². The fraction of sp³-hybridized carbons (Fsp3) is 0.269. The minimum atomic E-state index is -3.73. The van der Waals surface area contributed by atoms with Crippen LogP contribution in [0.1, 0.15) is 38.8 Å². The average Bonchev–Trinajstić information content (AvgIpc) is 2.73. The first kappa shape index (κ1) is 24.3. The molecule has 0 aliphatic heterocycles. The number of hydrogen-bond acceptors (Lipinski definition) is 4. The highest BCUT2D eigenvalue weighted by atomic mass is 32.2. The Labute approximate surface area is 196 Å². The number of sulfonamides is 1. The van der Waals surface area contributed by atoms with Crippen molar-refractivity contribution in [2.24, 2.45) is 0 Å². The zero-order valence-corrected chi connectivity index (χ0v) is 20.4. The minimum Gasteiger partial charge on any atom is -0.481 e. The number of aryl methyl sites for hydroxylation is 1. The third-order valence-electron chi connectivity index (χ3n) is 5.10. The third-order valence-corrected chi connectivity index (χ3v) is 6.50. The average molecular weight is 467 g/mol. The van der Waals surface area contributed by atoms with E-state index in [9.17, 15) is 13.2 Å². The van der Waals surface area contributed by atoms with Crippen LogP contribution in [0.15, 0.2) is 77.7 Å². The van der Waals surface area contributed by atoms with Crippen LogP contribution in [-0.2, 0) is 20.2 Å². The highest BCUT2D eigenvalue weighted by Crippen LogP contribution is 2.25. The Morgan fingerprint density at radius 3 is 2.12 bits per heavy atom. The normalized spacial score (nSPS) is 12.6. The van der Waals surface area contributed by atoms with Crippen LogP contribution in [0.3, 0.4) is 0 Å². The molecule has 3 aromatic carbocycles. The van der Waals surface area contributed by atoms with Gasteiger partial charge in [0.25, 0.3) is 15.9 Å². The molecule has 3 rings (SSSR count). The summed E-state index contributed by atoms with van der Waals surface area (Å²) in [5.41, 5.74) is 3.15. The smallest absolute Gasteiger partial charge is 0.265 e. The van der Waals surface area contributed by atoms with Gasteiger partial charge in [0.15, 0.2) is 6.10 Å². The van der Waals surface area contributed by atoms with E-state index in [2.05, 4.69) is 30.8 Å². The second-order valence-electron chi connectivity index (χ2n) is 9.02. The molecule has 0 bridgehead atoms. The minimum absolute atomic E-state index is 0.0384. The lowest BCUT2D eigenvalue weighted by Gasteiger charge is -2.20. The number of ether oxygens (including phenoxy) is 1. The summed E-state index contributed by atoms with van der Waals surface area (Å²) in [7, 11) is -3.73. The van der Waals surface area contributed by atoms with Crippen LogP contribution < -0.4 is 14.8 Å². The predicted molar refractivity (Wildman–Crippen MR) is 132 cm³/mol. The molecule has 0 aliphatic carbocycles. The molecule has 1 atom stereocenters. The summed E-state index contributed by atoms with van der Waals surface area (Å²) in [5.74, 6) is 0.276. The van der Waals surface area contributed by atoms with Gasteiger partial charge in [0.2, 0.25) is 0 Å². The molecule has 174 valence electrons. The molecule has 2 N–H and O–H groups in total. The van der Waals surface area contributed by atoms with E-state index in [1.165, 1.54) is 17.7 Å². The Balaban J connectivity index is 1.61. The lowest BCUT2D eigenvalue weighted by atomic mass is 9.87. The summed E-state index contributed by atoms with van der Waals surface area (Å²) in [4.78, 5) is 12.6. The van der Waals surface area contributed by atoms with Gasteiger partial charge < -0.3 is 10.1 Å². The van der Waals surface area contributed by atoms with E-state index in [4.69, 9.17) is 4.74 Å². The number of rotatable bonds is 7. The van der Waals surface area contributed by atoms with E-state index in [1.54, 1.807) is 37.3 Å². The Kier molecular flexibility index (Phi) is 7.12. The van der Waals surface area contributed by atoms with Gasteiger partial charge in [0, 0.05) is 11.4 Å². The van der Waals surface area contributed by atoms with E-state index in [1.807, 2.05) is 37.3 Å². The Bertz CT molecular complexity index is 1210. The van der Waals surface area contributed by atoms with Gasteiger partial charge >= 0.3 is 0 Å². The Morgan fingerprint density at radius 1 is 0.909 bits per heavy atom. The molecule has 33 heavy (non-hydrogen) atoms. The van der Waals surface area contributed by atoms with E-state index >= 15 is 0 Å². The van der Waals surface area contributed by atoms with Crippen molar-refractivity contribution in [1.29, 1.82) is 0 Å². The van der Waals surface area contributed by atoms with Crippen molar-refractivity contribution in [3.8, 4) is 5.75 Å². The molecule has 0 aliphatic rings. The molecule has 0 radical (unpaired) electrons. The van der Waals surface area contributed by atoms with Crippen LogP contribution in [-0.4, -0.2) is 20.4 Å². The van der Waals surface area contributed by atoms with Crippen molar-refractivity contribution >= 4 is 27.3 Å². The van der Waals surface area contributed by atoms with Crippen molar-refractivity contribution in [2.45, 2.75) is 51.0 Å². The molecule has 0 unspecified atom stereocenters. The zero-order chi connectivity index (χ0) is 24.2. The number of hydrogen-bond donors (Lipinski definition) is 2. The maximum absolute atomic E-state index is 12.6. The van der Waals surface area contributed by atoms with Crippen LogP contribution in [0.4, 0.5) is 11.4 Å². The molecule has 0 saturated carbocycles. The SMILES string of the molecule is Cc1cccc(NS(=O)(=O)c2ccc(NC(=O)[C@H](C)Oc3ccc(C(C)(C)C)cc3)cc2)c1. The monoisotopic (exact) mass is 466 g/mol. The summed E-state index contributed by atoms with van der Waals surface area (Å²) in [6.45, 7) is 9.95. The molecule has 6 nitrogen and oxygen atoms in total. The van der Waals surface area contributed by atoms with Crippen molar-refractivity contribution in [3.05, 3.63) is 83.9 Å². The first-order valence-corrected chi connectivity index (χ1v) is 12.2. The molecule has 0 saturated heterocycles. The molecule has 0 spiro atoms. The van der Waals surface area contributed by atoms with E-state index in [0.717, 1.165) is 5.56 Å². The Hall–Kier alpha value is -3.32. The number of carbonyl (C=O) groups excluding carboxylic acids is 1. The van der Waals surface area contributed by atoms with Gasteiger partial charge in [-0.05, 0) is 78.9 Å². The van der Waals surface area contributed by atoms with Crippen LogP contribution in [0.5, 0.6) is 5.75 Å². The number of amides is 1. The molecular formula is C26H30N2O4S. The fourth-order valence-electron chi connectivity index (χ4n) is 3.18. The third kappa shape index (κ3) is 6.58. The summed E-state index contributed by atoms with van der Waals surface area (Å²) in [6.07, 6.45) is -0.725. The van der Waals surface area contributed by atoms with Crippen molar-refractivity contribution in [3.63, 3.8) is 0 Å². The summed E-state index contributed by atoms with van der Waals surface area (Å²) in [5, 5.41) is 2.75. The molecule has 1 amide bonds. The van der Waals surface area contributed by atoms with Gasteiger partial charge in [0.05, 0.1) is 4.90 Å². The second kappa shape index (κ2) is 9.67. The van der Waals surface area contributed by atoms with E-state index < -0.39 is 16.1 Å². The van der Waals surface area contributed by atoms with Gasteiger partial charge in [-0.1, -0.05) is 45.0 Å². The second-order valence-corrected chi connectivity index (χ2v) is 10.7.